The molecule has 1 aliphatic heterocycles. The van der Waals surface area contributed by atoms with E-state index in [1.807, 2.05) is 6.07 Å². The fourth-order valence-electron chi connectivity index (χ4n) is 2.49. The number of ether oxygens (including phenoxy) is 1. The third-order valence-electron chi connectivity index (χ3n) is 3.61. The van der Waals surface area contributed by atoms with Crippen molar-refractivity contribution in [3.05, 3.63) is 29.6 Å². The molecule has 1 heterocycles. The first-order valence-corrected chi connectivity index (χ1v) is 6.84. The summed E-state index contributed by atoms with van der Waals surface area (Å²) in [6.07, 6.45) is 2.24. The number of halogens is 1. The van der Waals surface area contributed by atoms with Gasteiger partial charge in [-0.25, -0.2) is 4.39 Å². The predicted octanol–water partition coefficient (Wildman–Crippen LogP) is 3.57. The molecule has 2 nitrogen and oxygen atoms in total. The minimum Gasteiger partial charge on any atom is -0.378 e. The summed E-state index contributed by atoms with van der Waals surface area (Å²) in [5.74, 6) is 0.334. The van der Waals surface area contributed by atoms with Gasteiger partial charge < -0.3 is 9.64 Å². The molecular formula is C15H22FNO. The summed E-state index contributed by atoms with van der Waals surface area (Å²) < 4.78 is 19.4. The molecule has 0 N–H and O–H groups in total. The van der Waals surface area contributed by atoms with Crippen LogP contribution in [0.1, 0.15) is 38.2 Å². The lowest BCUT2D eigenvalue weighted by Gasteiger charge is -2.29. The van der Waals surface area contributed by atoms with Crippen LogP contribution in [0, 0.1) is 5.82 Å². The summed E-state index contributed by atoms with van der Waals surface area (Å²) in [5, 5.41) is 0. The number of nitrogens with zero attached hydrogens (tertiary/aromatic N) is 1. The van der Waals surface area contributed by atoms with Crippen LogP contribution in [0.2, 0.25) is 0 Å². The maximum Gasteiger partial charge on any atom is 0.146 e. The van der Waals surface area contributed by atoms with Crippen LogP contribution >= 0.6 is 0 Å². The SMILES string of the molecule is CCCC(C)c1ccc(N2CCOCC2)c(F)c1. The van der Waals surface area contributed by atoms with Gasteiger partial charge in [-0.1, -0.05) is 26.3 Å². The second-order valence-corrected chi connectivity index (χ2v) is 5.00. The monoisotopic (exact) mass is 251 g/mol. The third kappa shape index (κ3) is 3.02. The Morgan fingerprint density at radius 1 is 1.33 bits per heavy atom. The Labute approximate surface area is 109 Å². The van der Waals surface area contributed by atoms with Crippen molar-refractivity contribution in [2.24, 2.45) is 0 Å². The van der Waals surface area contributed by atoms with Gasteiger partial charge in [0.05, 0.1) is 18.9 Å². The van der Waals surface area contributed by atoms with Gasteiger partial charge in [-0.3, -0.25) is 0 Å². The Hall–Kier alpha value is -1.09. The number of morpholine rings is 1. The number of benzene rings is 1. The Morgan fingerprint density at radius 2 is 2.06 bits per heavy atom. The van der Waals surface area contributed by atoms with Gasteiger partial charge in [-0.05, 0) is 30.0 Å². The molecule has 0 bridgehead atoms. The van der Waals surface area contributed by atoms with E-state index in [2.05, 4.69) is 24.8 Å². The first-order valence-electron chi connectivity index (χ1n) is 6.84. The number of hydrogen-bond donors (Lipinski definition) is 0. The van der Waals surface area contributed by atoms with E-state index >= 15 is 0 Å². The predicted molar refractivity (Wildman–Crippen MR) is 72.8 cm³/mol. The minimum absolute atomic E-state index is 0.0997. The van der Waals surface area contributed by atoms with Crippen molar-refractivity contribution in [1.29, 1.82) is 0 Å². The lowest BCUT2D eigenvalue weighted by Crippen LogP contribution is -2.36. The van der Waals surface area contributed by atoms with E-state index in [0.29, 0.717) is 24.8 Å². The first-order chi connectivity index (χ1) is 8.72. The van der Waals surface area contributed by atoms with Gasteiger partial charge in [-0.15, -0.1) is 0 Å². The van der Waals surface area contributed by atoms with Gasteiger partial charge >= 0.3 is 0 Å². The zero-order valence-corrected chi connectivity index (χ0v) is 11.3. The van der Waals surface area contributed by atoms with E-state index in [1.165, 1.54) is 0 Å². The van der Waals surface area contributed by atoms with Crippen molar-refractivity contribution in [1.82, 2.24) is 0 Å². The molecule has 0 aliphatic carbocycles. The molecular weight excluding hydrogens is 229 g/mol. The molecule has 0 spiro atoms. The maximum atomic E-state index is 14.2. The van der Waals surface area contributed by atoms with Crippen LogP contribution < -0.4 is 4.90 Å². The fraction of sp³-hybridized carbons (Fsp3) is 0.600. The fourth-order valence-corrected chi connectivity index (χ4v) is 2.49. The van der Waals surface area contributed by atoms with Crippen molar-refractivity contribution in [3.63, 3.8) is 0 Å². The summed E-state index contributed by atoms with van der Waals surface area (Å²) in [6, 6.07) is 5.68. The van der Waals surface area contributed by atoms with E-state index in [4.69, 9.17) is 4.74 Å². The van der Waals surface area contributed by atoms with Crippen LogP contribution in [0.4, 0.5) is 10.1 Å². The molecule has 18 heavy (non-hydrogen) atoms. The van der Waals surface area contributed by atoms with Crippen molar-refractivity contribution >= 4 is 5.69 Å². The first kappa shape index (κ1) is 13.3. The molecule has 1 aromatic carbocycles. The maximum absolute atomic E-state index is 14.2. The van der Waals surface area contributed by atoms with Gasteiger partial charge in [0.15, 0.2) is 0 Å². The second-order valence-electron chi connectivity index (χ2n) is 5.00. The van der Waals surface area contributed by atoms with E-state index in [0.717, 1.165) is 31.5 Å². The molecule has 0 saturated carbocycles. The average Bonchev–Trinajstić information content (AvgIpc) is 2.40. The highest BCUT2D eigenvalue weighted by molar-refractivity contribution is 5.50. The molecule has 1 unspecified atom stereocenters. The van der Waals surface area contributed by atoms with Gasteiger partial charge in [0.25, 0.3) is 0 Å². The van der Waals surface area contributed by atoms with Gasteiger partial charge in [-0.2, -0.15) is 0 Å². The van der Waals surface area contributed by atoms with Crippen LogP contribution in [-0.4, -0.2) is 26.3 Å². The highest BCUT2D eigenvalue weighted by atomic mass is 19.1. The van der Waals surface area contributed by atoms with E-state index in [1.54, 1.807) is 6.07 Å². The van der Waals surface area contributed by atoms with Crippen LogP contribution in [0.3, 0.4) is 0 Å². The Bertz CT molecular complexity index is 388. The molecule has 1 fully saturated rings. The van der Waals surface area contributed by atoms with Crippen molar-refractivity contribution in [2.75, 3.05) is 31.2 Å². The lowest BCUT2D eigenvalue weighted by atomic mass is 9.96. The zero-order chi connectivity index (χ0) is 13.0. The normalized spacial score (nSPS) is 17.8. The molecule has 100 valence electrons. The minimum atomic E-state index is -0.0997. The summed E-state index contributed by atoms with van der Waals surface area (Å²) in [7, 11) is 0. The molecule has 2 rings (SSSR count). The Balaban J connectivity index is 2.13. The topological polar surface area (TPSA) is 12.5 Å². The van der Waals surface area contributed by atoms with Crippen molar-refractivity contribution in [3.8, 4) is 0 Å². The van der Waals surface area contributed by atoms with E-state index in [-0.39, 0.29) is 5.82 Å². The number of rotatable bonds is 4. The Kier molecular flexibility index (Phi) is 4.59. The standard InChI is InChI=1S/C15H22FNO/c1-3-4-12(2)13-5-6-15(14(16)11-13)17-7-9-18-10-8-17/h5-6,11-12H,3-4,7-10H2,1-2H3. The van der Waals surface area contributed by atoms with Gasteiger partial charge in [0.1, 0.15) is 5.82 Å². The van der Waals surface area contributed by atoms with Crippen molar-refractivity contribution < 1.29 is 9.13 Å². The number of anilines is 1. The van der Waals surface area contributed by atoms with E-state index in [9.17, 15) is 4.39 Å². The van der Waals surface area contributed by atoms with Crippen LogP contribution in [-0.2, 0) is 4.74 Å². The quantitative estimate of drug-likeness (QED) is 0.811. The molecule has 1 atom stereocenters. The third-order valence-corrected chi connectivity index (χ3v) is 3.61. The summed E-state index contributed by atoms with van der Waals surface area (Å²) in [4.78, 5) is 2.06. The lowest BCUT2D eigenvalue weighted by molar-refractivity contribution is 0.122. The molecule has 0 radical (unpaired) electrons. The Morgan fingerprint density at radius 3 is 2.67 bits per heavy atom. The number of hydrogen-bond acceptors (Lipinski definition) is 2. The van der Waals surface area contributed by atoms with Gasteiger partial charge in [0.2, 0.25) is 0 Å². The summed E-state index contributed by atoms with van der Waals surface area (Å²) in [6.45, 7) is 7.25. The smallest absolute Gasteiger partial charge is 0.146 e. The molecule has 3 heteroatoms. The van der Waals surface area contributed by atoms with Gasteiger partial charge in [0, 0.05) is 13.1 Å². The van der Waals surface area contributed by atoms with Crippen LogP contribution in [0.15, 0.2) is 18.2 Å². The second kappa shape index (κ2) is 6.19. The summed E-state index contributed by atoms with van der Waals surface area (Å²) >= 11 is 0. The summed E-state index contributed by atoms with van der Waals surface area (Å²) in [5.41, 5.74) is 1.82. The highest BCUT2D eigenvalue weighted by Gasteiger charge is 2.16. The molecule has 1 saturated heterocycles. The largest absolute Gasteiger partial charge is 0.378 e. The molecule has 0 aromatic heterocycles. The molecule has 0 amide bonds. The van der Waals surface area contributed by atoms with Crippen LogP contribution in [0.5, 0.6) is 0 Å². The zero-order valence-electron chi connectivity index (χ0n) is 11.3. The molecule has 1 aliphatic rings. The molecule has 1 aromatic rings. The van der Waals surface area contributed by atoms with E-state index < -0.39 is 0 Å². The van der Waals surface area contributed by atoms with Crippen molar-refractivity contribution in [2.45, 2.75) is 32.6 Å². The average molecular weight is 251 g/mol. The van der Waals surface area contributed by atoms with Crippen LogP contribution in [0.25, 0.3) is 0 Å². The highest BCUT2D eigenvalue weighted by Crippen LogP contribution is 2.27.